The Balaban J connectivity index is 1.53. The average molecular weight is 432 g/mol. The maximum absolute atomic E-state index is 12.0. The fourth-order valence-electron chi connectivity index (χ4n) is 3.96. The molecule has 1 aromatic rings. The van der Waals surface area contributed by atoms with Gasteiger partial charge in [0.25, 0.3) is 0 Å². The van der Waals surface area contributed by atoms with Gasteiger partial charge in [0.2, 0.25) is 0 Å². The standard InChI is InChI=1S/C24H33NO6/c1-16(5-7-17(2)30-14-11-25-9-12-29-13-10-25)6-8-19-22(26)21-20(15-31-24(21)27)18(3)23(19)28-4/h6,26H,2,5,7-15H2,1,3-4H3/b16-6+. The van der Waals surface area contributed by atoms with Gasteiger partial charge in [0.1, 0.15) is 30.3 Å². The predicted octanol–water partition coefficient (Wildman–Crippen LogP) is 3.51. The van der Waals surface area contributed by atoms with Crippen molar-refractivity contribution in [3.05, 3.63) is 46.2 Å². The third-order valence-electron chi connectivity index (χ3n) is 5.92. The number of fused-ring (bicyclic) bond motifs is 1. The van der Waals surface area contributed by atoms with Crippen molar-refractivity contribution in [2.75, 3.05) is 46.6 Å². The highest BCUT2D eigenvalue weighted by atomic mass is 16.5. The highest BCUT2D eigenvalue weighted by Crippen LogP contribution is 2.42. The van der Waals surface area contributed by atoms with Gasteiger partial charge in [-0.25, -0.2) is 4.79 Å². The molecule has 1 N–H and O–H groups in total. The summed E-state index contributed by atoms with van der Waals surface area (Å²) in [6.07, 6.45) is 4.06. The highest BCUT2D eigenvalue weighted by Gasteiger charge is 2.31. The summed E-state index contributed by atoms with van der Waals surface area (Å²) in [4.78, 5) is 14.4. The zero-order valence-corrected chi connectivity index (χ0v) is 18.8. The first kappa shape index (κ1) is 23.2. The molecule has 170 valence electrons. The average Bonchev–Trinajstić information content (AvgIpc) is 3.16. The molecule has 0 atom stereocenters. The van der Waals surface area contributed by atoms with Crippen molar-refractivity contribution in [1.82, 2.24) is 4.90 Å². The van der Waals surface area contributed by atoms with Gasteiger partial charge in [0, 0.05) is 37.2 Å². The molecule has 2 heterocycles. The van der Waals surface area contributed by atoms with Crippen LogP contribution in [0.1, 0.15) is 46.8 Å². The number of aromatic hydroxyl groups is 1. The SMILES string of the molecule is C=C(CC/C(C)=C/Cc1c(O)c2c(c(C)c1OC)COC2=O)OCCN1CCOCC1. The maximum Gasteiger partial charge on any atom is 0.342 e. The maximum atomic E-state index is 12.0. The first-order chi connectivity index (χ1) is 14.9. The second-order valence-corrected chi connectivity index (χ2v) is 8.01. The van der Waals surface area contributed by atoms with Gasteiger partial charge in [-0.05, 0) is 32.3 Å². The van der Waals surface area contributed by atoms with E-state index < -0.39 is 5.97 Å². The number of hydrogen-bond acceptors (Lipinski definition) is 7. The molecule has 2 aliphatic heterocycles. The van der Waals surface area contributed by atoms with Crippen LogP contribution in [0.2, 0.25) is 0 Å². The van der Waals surface area contributed by atoms with Crippen molar-refractivity contribution in [1.29, 1.82) is 0 Å². The summed E-state index contributed by atoms with van der Waals surface area (Å²) in [6, 6.07) is 0. The number of morpholine rings is 1. The van der Waals surface area contributed by atoms with Crippen LogP contribution in [0, 0.1) is 6.92 Å². The molecule has 0 amide bonds. The summed E-state index contributed by atoms with van der Waals surface area (Å²) < 4.78 is 21.8. The number of carbonyl (C=O) groups is 1. The van der Waals surface area contributed by atoms with Crippen molar-refractivity contribution >= 4 is 5.97 Å². The van der Waals surface area contributed by atoms with E-state index in [1.54, 1.807) is 7.11 Å². The molecule has 0 bridgehead atoms. The predicted molar refractivity (Wildman–Crippen MR) is 118 cm³/mol. The van der Waals surface area contributed by atoms with Crippen LogP contribution in [-0.2, 0) is 27.2 Å². The zero-order valence-electron chi connectivity index (χ0n) is 18.8. The van der Waals surface area contributed by atoms with Crippen LogP contribution in [0.5, 0.6) is 11.5 Å². The van der Waals surface area contributed by atoms with Gasteiger partial charge < -0.3 is 24.1 Å². The van der Waals surface area contributed by atoms with E-state index in [4.69, 9.17) is 18.9 Å². The van der Waals surface area contributed by atoms with Gasteiger partial charge in [-0.15, -0.1) is 0 Å². The first-order valence-electron chi connectivity index (χ1n) is 10.8. The summed E-state index contributed by atoms with van der Waals surface area (Å²) in [7, 11) is 1.57. The molecule has 7 heteroatoms. The molecule has 3 rings (SSSR count). The van der Waals surface area contributed by atoms with Crippen LogP contribution in [0.15, 0.2) is 24.0 Å². The van der Waals surface area contributed by atoms with Crippen LogP contribution in [0.25, 0.3) is 0 Å². The number of hydrogen-bond donors (Lipinski definition) is 1. The molecule has 2 aliphatic rings. The van der Waals surface area contributed by atoms with Gasteiger partial charge in [-0.2, -0.15) is 0 Å². The van der Waals surface area contributed by atoms with E-state index in [0.717, 1.165) is 62.6 Å². The second-order valence-electron chi connectivity index (χ2n) is 8.01. The van der Waals surface area contributed by atoms with Gasteiger partial charge in [0.05, 0.1) is 26.1 Å². The molecule has 1 fully saturated rings. The van der Waals surface area contributed by atoms with E-state index in [2.05, 4.69) is 11.5 Å². The Bertz CT molecular complexity index is 854. The largest absolute Gasteiger partial charge is 0.507 e. The lowest BCUT2D eigenvalue weighted by atomic mass is 9.94. The molecular formula is C24H33NO6. The van der Waals surface area contributed by atoms with E-state index in [1.807, 2.05) is 19.9 Å². The van der Waals surface area contributed by atoms with E-state index in [9.17, 15) is 9.90 Å². The number of benzene rings is 1. The Hall–Kier alpha value is -2.51. The molecule has 0 saturated carbocycles. The lowest BCUT2D eigenvalue weighted by molar-refractivity contribution is 0.0271. The zero-order chi connectivity index (χ0) is 22.4. The Morgan fingerprint density at radius 1 is 1.29 bits per heavy atom. The molecule has 1 aromatic carbocycles. The minimum absolute atomic E-state index is 0.0418. The number of esters is 1. The molecule has 0 aromatic heterocycles. The summed E-state index contributed by atoms with van der Waals surface area (Å²) in [5.41, 5.74) is 3.57. The molecule has 1 saturated heterocycles. The van der Waals surface area contributed by atoms with Gasteiger partial charge >= 0.3 is 5.97 Å². The van der Waals surface area contributed by atoms with Crippen molar-refractivity contribution in [2.24, 2.45) is 0 Å². The molecule has 0 unspecified atom stereocenters. The fraction of sp³-hybridized carbons (Fsp3) is 0.542. The van der Waals surface area contributed by atoms with Crippen molar-refractivity contribution in [3.8, 4) is 11.5 Å². The Labute approximate surface area is 184 Å². The lowest BCUT2D eigenvalue weighted by Crippen LogP contribution is -2.38. The van der Waals surface area contributed by atoms with E-state index >= 15 is 0 Å². The van der Waals surface area contributed by atoms with Gasteiger partial charge in [-0.3, -0.25) is 4.90 Å². The molecule has 7 nitrogen and oxygen atoms in total. The van der Waals surface area contributed by atoms with E-state index in [-0.39, 0.29) is 17.9 Å². The number of cyclic esters (lactones) is 1. The van der Waals surface area contributed by atoms with Crippen LogP contribution in [-0.4, -0.2) is 62.5 Å². The summed E-state index contributed by atoms with van der Waals surface area (Å²) in [6.45, 7) is 13.1. The van der Waals surface area contributed by atoms with E-state index in [0.29, 0.717) is 29.9 Å². The number of carbonyl (C=O) groups excluding carboxylic acids is 1. The molecular weight excluding hydrogens is 398 g/mol. The third kappa shape index (κ3) is 5.60. The van der Waals surface area contributed by atoms with Crippen LogP contribution >= 0.6 is 0 Å². The van der Waals surface area contributed by atoms with E-state index in [1.165, 1.54) is 0 Å². The molecule has 0 aliphatic carbocycles. The number of ether oxygens (including phenoxy) is 4. The van der Waals surface area contributed by atoms with Gasteiger partial charge in [0.15, 0.2) is 0 Å². The molecule has 0 spiro atoms. The monoisotopic (exact) mass is 431 g/mol. The lowest BCUT2D eigenvalue weighted by Gasteiger charge is -2.26. The molecule has 0 radical (unpaired) electrons. The minimum atomic E-state index is -0.481. The topological polar surface area (TPSA) is 77.5 Å². The number of phenols is 1. The fourth-order valence-corrected chi connectivity index (χ4v) is 3.96. The summed E-state index contributed by atoms with van der Waals surface area (Å²) in [5.74, 6) is 0.859. The molecule has 31 heavy (non-hydrogen) atoms. The normalized spacial score (nSPS) is 16.7. The minimum Gasteiger partial charge on any atom is -0.507 e. The van der Waals surface area contributed by atoms with Crippen LogP contribution in [0.4, 0.5) is 0 Å². The Morgan fingerprint density at radius 2 is 2.03 bits per heavy atom. The first-order valence-corrected chi connectivity index (χ1v) is 10.8. The number of methoxy groups -OCH3 is 1. The summed E-state index contributed by atoms with van der Waals surface area (Å²) >= 11 is 0. The van der Waals surface area contributed by atoms with Crippen molar-refractivity contribution in [3.63, 3.8) is 0 Å². The number of rotatable bonds is 10. The van der Waals surface area contributed by atoms with Crippen molar-refractivity contribution in [2.45, 2.75) is 39.7 Å². The van der Waals surface area contributed by atoms with Crippen LogP contribution in [0.3, 0.4) is 0 Å². The highest BCUT2D eigenvalue weighted by molar-refractivity contribution is 5.98. The Kier molecular flexibility index (Phi) is 7.98. The van der Waals surface area contributed by atoms with Gasteiger partial charge in [-0.1, -0.05) is 18.2 Å². The van der Waals surface area contributed by atoms with Crippen molar-refractivity contribution < 1.29 is 28.8 Å². The summed E-state index contributed by atoms with van der Waals surface area (Å²) in [5, 5.41) is 10.7. The van der Waals surface area contributed by atoms with Crippen LogP contribution < -0.4 is 4.74 Å². The second kappa shape index (κ2) is 10.7. The number of allylic oxidation sites excluding steroid dienone is 3. The number of nitrogens with zero attached hydrogens (tertiary/aromatic N) is 1. The quantitative estimate of drug-likeness (QED) is 0.345. The number of phenolic OH excluding ortho intramolecular Hbond substituents is 1. The smallest absolute Gasteiger partial charge is 0.342 e. The Morgan fingerprint density at radius 3 is 2.74 bits per heavy atom. The third-order valence-corrected chi connectivity index (χ3v) is 5.92.